The lowest BCUT2D eigenvalue weighted by molar-refractivity contribution is -0.116. The molecule has 0 bridgehead atoms. The monoisotopic (exact) mass is 472 g/mol. The summed E-state index contributed by atoms with van der Waals surface area (Å²) in [6.45, 7) is 2.04. The first-order valence-electron chi connectivity index (χ1n) is 8.85. The van der Waals surface area contributed by atoms with E-state index >= 15 is 0 Å². The van der Waals surface area contributed by atoms with Crippen molar-refractivity contribution in [2.45, 2.75) is 19.8 Å². The lowest BCUT2D eigenvalue weighted by Crippen LogP contribution is -2.28. The number of hydrogen-bond donors (Lipinski definition) is 0. The molecule has 0 aromatic heterocycles. The summed E-state index contributed by atoms with van der Waals surface area (Å²) in [5.74, 6) is -0.644. The lowest BCUT2D eigenvalue weighted by atomic mass is 9.96. The van der Waals surface area contributed by atoms with Crippen molar-refractivity contribution in [1.29, 1.82) is 0 Å². The predicted octanol–water partition coefficient (Wildman–Crippen LogP) is 2.85. The second-order valence-corrected chi connectivity index (χ2v) is 9.78. The van der Waals surface area contributed by atoms with Crippen LogP contribution in [0.5, 0.6) is 5.75 Å². The first kappa shape index (κ1) is 22.4. The van der Waals surface area contributed by atoms with Gasteiger partial charge in [-0.1, -0.05) is 0 Å². The van der Waals surface area contributed by atoms with Crippen LogP contribution in [0, 0.1) is 5.92 Å². The molecule has 1 aromatic carbocycles. The fourth-order valence-electron chi connectivity index (χ4n) is 2.69. The highest BCUT2D eigenvalue weighted by molar-refractivity contribution is 9.10. The van der Waals surface area contributed by atoms with Crippen LogP contribution in [0.25, 0.3) is 0 Å². The normalized spacial score (nSPS) is 14.6. The molecule has 0 amide bonds. The number of allylic oxidation sites excluding steroid dienone is 1. The van der Waals surface area contributed by atoms with E-state index in [4.69, 9.17) is 4.74 Å². The van der Waals surface area contributed by atoms with Crippen LogP contribution in [-0.2, 0) is 14.8 Å². The molecule has 154 valence electrons. The average Bonchev–Trinajstić information content (AvgIpc) is 3.43. The molecule has 9 heteroatoms. The SMILES string of the molecule is CCOc1c(Br)ccc(C(=O)C(=CN(C)C)C(=O)C2CC2)c1N(C)S(C)(=O)=O. The summed E-state index contributed by atoms with van der Waals surface area (Å²) in [5, 5.41) is 0. The topological polar surface area (TPSA) is 84.0 Å². The van der Waals surface area contributed by atoms with E-state index in [1.165, 1.54) is 19.3 Å². The van der Waals surface area contributed by atoms with Crippen molar-refractivity contribution in [3.8, 4) is 5.75 Å². The van der Waals surface area contributed by atoms with Crippen LogP contribution in [0.3, 0.4) is 0 Å². The Balaban J connectivity index is 2.70. The van der Waals surface area contributed by atoms with Gasteiger partial charge in [0.05, 0.1) is 28.5 Å². The van der Waals surface area contributed by atoms with E-state index in [-0.39, 0.29) is 40.9 Å². The number of Topliss-reactive ketones (excluding diaryl/α,β-unsaturated/α-hetero) is 2. The molecule has 0 heterocycles. The summed E-state index contributed by atoms with van der Waals surface area (Å²) in [7, 11) is 1.13. The number of rotatable bonds is 9. The van der Waals surface area contributed by atoms with Crippen LogP contribution < -0.4 is 9.04 Å². The van der Waals surface area contributed by atoms with Crippen LogP contribution in [-0.4, -0.2) is 58.9 Å². The third-order valence-corrected chi connectivity index (χ3v) is 6.08. The van der Waals surface area contributed by atoms with Gasteiger partial charge in [0.1, 0.15) is 5.69 Å². The highest BCUT2D eigenvalue weighted by Gasteiger charge is 2.36. The van der Waals surface area contributed by atoms with Crippen LogP contribution in [0.1, 0.15) is 30.1 Å². The van der Waals surface area contributed by atoms with Gasteiger partial charge in [-0.05, 0) is 47.8 Å². The summed E-state index contributed by atoms with van der Waals surface area (Å²) in [6.07, 6.45) is 4.06. The van der Waals surface area contributed by atoms with Crippen LogP contribution in [0.2, 0.25) is 0 Å². The zero-order valence-corrected chi connectivity index (χ0v) is 19.1. The fraction of sp³-hybridized carbons (Fsp3) is 0.474. The summed E-state index contributed by atoms with van der Waals surface area (Å²) < 4.78 is 31.6. The van der Waals surface area contributed by atoms with E-state index in [1.807, 2.05) is 0 Å². The van der Waals surface area contributed by atoms with Gasteiger partial charge in [0, 0.05) is 33.3 Å². The number of halogens is 1. The van der Waals surface area contributed by atoms with Gasteiger partial charge in [-0.3, -0.25) is 13.9 Å². The van der Waals surface area contributed by atoms with Gasteiger partial charge in [-0.15, -0.1) is 0 Å². The zero-order valence-electron chi connectivity index (χ0n) is 16.7. The molecule has 0 unspecified atom stereocenters. The van der Waals surface area contributed by atoms with Gasteiger partial charge in [0.25, 0.3) is 0 Å². The second kappa shape index (κ2) is 8.65. The van der Waals surface area contributed by atoms with Crippen molar-refractivity contribution in [1.82, 2.24) is 4.90 Å². The predicted molar refractivity (Wildman–Crippen MR) is 112 cm³/mol. The van der Waals surface area contributed by atoms with Crippen molar-refractivity contribution in [3.63, 3.8) is 0 Å². The minimum absolute atomic E-state index is 0.0421. The van der Waals surface area contributed by atoms with Crippen molar-refractivity contribution < 1.29 is 22.7 Å². The summed E-state index contributed by atoms with van der Waals surface area (Å²) in [5.41, 5.74) is 0.249. The molecule has 0 N–H and O–H groups in total. The Morgan fingerprint density at radius 2 is 1.86 bits per heavy atom. The third-order valence-electron chi connectivity index (χ3n) is 4.27. The molecule has 1 saturated carbocycles. The largest absolute Gasteiger partial charge is 0.490 e. The Labute approximate surface area is 174 Å². The molecule has 28 heavy (non-hydrogen) atoms. The van der Waals surface area contributed by atoms with Crippen molar-refractivity contribution in [3.05, 3.63) is 33.9 Å². The van der Waals surface area contributed by atoms with Gasteiger partial charge in [0.2, 0.25) is 10.0 Å². The van der Waals surface area contributed by atoms with Crippen LogP contribution in [0.4, 0.5) is 5.69 Å². The number of ether oxygens (including phenoxy) is 1. The number of nitrogens with zero attached hydrogens (tertiary/aromatic N) is 2. The number of carbonyl (C=O) groups excluding carboxylic acids is 2. The molecule has 0 radical (unpaired) electrons. The second-order valence-electron chi connectivity index (χ2n) is 6.91. The van der Waals surface area contributed by atoms with Gasteiger partial charge < -0.3 is 9.64 Å². The highest BCUT2D eigenvalue weighted by atomic mass is 79.9. The zero-order chi connectivity index (χ0) is 21.2. The Bertz CT molecular complexity index is 920. The smallest absolute Gasteiger partial charge is 0.232 e. The third kappa shape index (κ3) is 4.94. The number of carbonyl (C=O) groups is 2. The Morgan fingerprint density at radius 3 is 2.32 bits per heavy atom. The highest BCUT2D eigenvalue weighted by Crippen LogP contribution is 2.41. The summed E-state index contributed by atoms with van der Waals surface area (Å²) >= 11 is 3.36. The van der Waals surface area contributed by atoms with E-state index in [9.17, 15) is 18.0 Å². The molecule has 2 rings (SSSR count). The Kier molecular flexibility index (Phi) is 6.93. The van der Waals surface area contributed by atoms with E-state index in [1.54, 1.807) is 32.0 Å². The van der Waals surface area contributed by atoms with E-state index in [0.717, 1.165) is 23.4 Å². The lowest BCUT2D eigenvalue weighted by Gasteiger charge is -2.24. The van der Waals surface area contributed by atoms with E-state index < -0.39 is 15.8 Å². The minimum atomic E-state index is -3.68. The molecule has 0 atom stereocenters. The van der Waals surface area contributed by atoms with Crippen LogP contribution >= 0.6 is 15.9 Å². The van der Waals surface area contributed by atoms with E-state index in [0.29, 0.717) is 4.47 Å². The van der Waals surface area contributed by atoms with Gasteiger partial charge >= 0.3 is 0 Å². The van der Waals surface area contributed by atoms with Crippen molar-refractivity contribution >= 4 is 43.2 Å². The van der Waals surface area contributed by atoms with Crippen molar-refractivity contribution in [2.75, 3.05) is 38.3 Å². The maximum atomic E-state index is 13.4. The average molecular weight is 473 g/mol. The maximum Gasteiger partial charge on any atom is 0.232 e. The maximum absolute atomic E-state index is 13.4. The number of anilines is 1. The Morgan fingerprint density at radius 1 is 1.25 bits per heavy atom. The molecule has 0 spiro atoms. The molecule has 7 nitrogen and oxygen atoms in total. The van der Waals surface area contributed by atoms with E-state index in [2.05, 4.69) is 15.9 Å². The number of hydrogen-bond acceptors (Lipinski definition) is 6. The van der Waals surface area contributed by atoms with Gasteiger partial charge in [0.15, 0.2) is 17.3 Å². The van der Waals surface area contributed by atoms with Crippen molar-refractivity contribution in [2.24, 2.45) is 5.92 Å². The minimum Gasteiger partial charge on any atom is -0.490 e. The number of sulfonamides is 1. The first-order chi connectivity index (χ1) is 13.0. The number of ketones is 2. The fourth-order valence-corrected chi connectivity index (χ4v) is 3.64. The van der Waals surface area contributed by atoms with Gasteiger partial charge in [-0.2, -0.15) is 0 Å². The summed E-state index contributed by atoms with van der Waals surface area (Å²) in [6, 6.07) is 3.13. The first-order valence-corrected chi connectivity index (χ1v) is 11.5. The molecular formula is C19H25BrN2O5S. The molecule has 1 aromatic rings. The molecular weight excluding hydrogens is 448 g/mol. The van der Waals surface area contributed by atoms with Crippen LogP contribution in [0.15, 0.2) is 28.4 Å². The molecule has 1 fully saturated rings. The standard InChI is InChI=1S/C19H25BrN2O5S/c1-6-27-19-15(20)10-9-13(16(19)22(4)28(5,25)26)18(24)14(11-21(2)3)17(23)12-7-8-12/h9-12H,6-8H2,1-5H3. The molecule has 0 aliphatic heterocycles. The number of benzene rings is 1. The molecule has 0 saturated heterocycles. The molecule has 1 aliphatic carbocycles. The Hall–Kier alpha value is -1.87. The van der Waals surface area contributed by atoms with Gasteiger partial charge in [-0.25, -0.2) is 8.42 Å². The quantitative estimate of drug-likeness (QED) is 0.237. The summed E-state index contributed by atoms with van der Waals surface area (Å²) in [4.78, 5) is 27.7. The molecule has 1 aliphatic rings.